The topological polar surface area (TPSA) is 0 Å². The van der Waals surface area contributed by atoms with Crippen molar-refractivity contribution >= 4 is 23.4 Å². The van der Waals surface area contributed by atoms with Gasteiger partial charge in [-0.1, -0.05) is 49.4 Å². The molecule has 2 rings (SSSR count). The first-order valence-corrected chi connectivity index (χ1v) is 6.02. The monoisotopic (exact) mass is 216 g/mol. The van der Waals surface area contributed by atoms with Crippen molar-refractivity contribution in [2.75, 3.05) is 5.75 Å². The van der Waals surface area contributed by atoms with Crippen LogP contribution in [0.5, 0.6) is 0 Å². The SMILES string of the molecule is CC(CS)Cc1cccc2ccccc12. The van der Waals surface area contributed by atoms with Gasteiger partial charge in [0, 0.05) is 0 Å². The van der Waals surface area contributed by atoms with Crippen LogP contribution >= 0.6 is 12.6 Å². The van der Waals surface area contributed by atoms with Gasteiger partial charge in [0.05, 0.1) is 0 Å². The van der Waals surface area contributed by atoms with Gasteiger partial charge in [-0.2, -0.15) is 12.6 Å². The molecule has 0 spiro atoms. The van der Waals surface area contributed by atoms with Crippen molar-refractivity contribution in [2.45, 2.75) is 13.3 Å². The maximum Gasteiger partial charge on any atom is -0.00690 e. The quantitative estimate of drug-likeness (QED) is 0.738. The predicted octanol–water partition coefficient (Wildman–Crippen LogP) is 3.95. The molecule has 1 atom stereocenters. The number of benzene rings is 2. The van der Waals surface area contributed by atoms with Crippen molar-refractivity contribution in [2.24, 2.45) is 5.92 Å². The summed E-state index contributed by atoms with van der Waals surface area (Å²) in [6.07, 6.45) is 1.12. The van der Waals surface area contributed by atoms with Crippen LogP contribution in [0.1, 0.15) is 12.5 Å². The molecule has 1 heteroatoms. The third-order valence-corrected chi connectivity index (χ3v) is 3.38. The zero-order valence-electron chi connectivity index (χ0n) is 8.98. The molecule has 0 radical (unpaired) electrons. The molecule has 0 fully saturated rings. The molecule has 0 aliphatic heterocycles. The summed E-state index contributed by atoms with van der Waals surface area (Å²) in [4.78, 5) is 0. The highest BCUT2D eigenvalue weighted by Crippen LogP contribution is 2.21. The molecule has 0 saturated carbocycles. The van der Waals surface area contributed by atoms with Crippen molar-refractivity contribution in [3.63, 3.8) is 0 Å². The molecule has 0 heterocycles. The number of hydrogen-bond acceptors (Lipinski definition) is 1. The first-order chi connectivity index (χ1) is 7.31. The van der Waals surface area contributed by atoms with Crippen LogP contribution < -0.4 is 0 Å². The van der Waals surface area contributed by atoms with Crippen molar-refractivity contribution < 1.29 is 0 Å². The fraction of sp³-hybridized carbons (Fsp3) is 0.286. The second-order valence-electron chi connectivity index (χ2n) is 4.13. The Morgan fingerprint density at radius 3 is 2.60 bits per heavy atom. The molecule has 2 aromatic rings. The largest absolute Gasteiger partial charge is 0.179 e. The average Bonchev–Trinajstić information content (AvgIpc) is 2.29. The van der Waals surface area contributed by atoms with E-state index in [1.807, 2.05) is 0 Å². The van der Waals surface area contributed by atoms with E-state index in [0.29, 0.717) is 5.92 Å². The van der Waals surface area contributed by atoms with Crippen LogP contribution in [0.4, 0.5) is 0 Å². The Kier molecular flexibility index (Phi) is 3.32. The standard InChI is InChI=1S/C14H16S/c1-11(10-15)9-13-7-4-6-12-5-2-3-8-14(12)13/h2-8,11,15H,9-10H2,1H3. The van der Waals surface area contributed by atoms with Gasteiger partial charge in [0.1, 0.15) is 0 Å². The zero-order valence-corrected chi connectivity index (χ0v) is 9.87. The summed E-state index contributed by atoms with van der Waals surface area (Å²) >= 11 is 4.34. The van der Waals surface area contributed by atoms with E-state index in [1.165, 1.54) is 16.3 Å². The van der Waals surface area contributed by atoms with E-state index in [-0.39, 0.29) is 0 Å². The number of hydrogen-bond donors (Lipinski definition) is 1. The fourth-order valence-corrected chi connectivity index (χ4v) is 2.04. The molecule has 0 saturated heterocycles. The fourth-order valence-electron chi connectivity index (χ4n) is 1.91. The van der Waals surface area contributed by atoms with E-state index in [4.69, 9.17) is 0 Å². The van der Waals surface area contributed by atoms with E-state index < -0.39 is 0 Å². The summed E-state index contributed by atoms with van der Waals surface area (Å²) in [6, 6.07) is 15.1. The molecule has 0 amide bonds. The minimum atomic E-state index is 0.638. The van der Waals surface area contributed by atoms with E-state index in [9.17, 15) is 0 Å². The molecular weight excluding hydrogens is 200 g/mol. The third kappa shape index (κ3) is 2.35. The normalized spacial score (nSPS) is 12.9. The Hall–Kier alpha value is -0.950. The first kappa shape index (κ1) is 10.6. The molecule has 78 valence electrons. The lowest BCUT2D eigenvalue weighted by Gasteiger charge is -2.10. The molecule has 0 bridgehead atoms. The maximum absolute atomic E-state index is 4.34. The second kappa shape index (κ2) is 4.71. The lowest BCUT2D eigenvalue weighted by molar-refractivity contribution is 0.663. The molecule has 1 unspecified atom stereocenters. The van der Waals surface area contributed by atoms with Crippen LogP contribution in [0.2, 0.25) is 0 Å². The van der Waals surface area contributed by atoms with E-state index in [0.717, 1.165) is 12.2 Å². The molecule has 15 heavy (non-hydrogen) atoms. The zero-order chi connectivity index (χ0) is 10.7. The van der Waals surface area contributed by atoms with Crippen LogP contribution in [0.25, 0.3) is 10.8 Å². The minimum Gasteiger partial charge on any atom is -0.179 e. The second-order valence-corrected chi connectivity index (χ2v) is 4.50. The van der Waals surface area contributed by atoms with Gasteiger partial charge in [-0.25, -0.2) is 0 Å². The number of fused-ring (bicyclic) bond motifs is 1. The Morgan fingerprint density at radius 2 is 1.80 bits per heavy atom. The molecular formula is C14H16S. The Morgan fingerprint density at radius 1 is 1.07 bits per heavy atom. The smallest absolute Gasteiger partial charge is 0.00690 e. The summed E-state index contributed by atoms with van der Waals surface area (Å²) in [5.74, 6) is 1.59. The van der Waals surface area contributed by atoms with Gasteiger partial charge in [-0.15, -0.1) is 0 Å². The van der Waals surface area contributed by atoms with Gasteiger partial charge in [0.25, 0.3) is 0 Å². The lowest BCUT2D eigenvalue weighted by atomic mass is 9.97. The predicted molar refractivity (Wildman–Crippen MR) is 70.7 cm³/mol. The van der Waals surface area contributed by atoms with E-state index >= 15 is 0 Å². The first-order valence-electron chi connectivity index (χ1n) is 5.38. The van der Waals surface area contributed by atoms with Crippen LogP contribution in [0, 0.1) is 5.92 Å². The Bertz CT molecular complexity index is 443. The van der Waals surface area contributed by atoms with Crippen molar-refractivity contribution in [3.8, 4) is 0 Å². The van der Waals surface area contributed by atoms with Crippen molar-refractivity contribution in [1.82, 2.24) is 0 Å². The summed E-state index contributed by atoms with van der Waals surface area (Å²) in [5.41, 5.74) is 1.44. The van der Waals surface area contributed by atoms with Gasteiger partial charge < -0.3 is 0 Å². The van der Waals surface area contributed by atoms with Gasteiger partial charge in [-0.3, -0.25) is 0 Å². The summed E-state index contributed by atoms with van der Waals surface area (Å²) in [5, 5.41) is 2.72. The summed E-state index contributed by atoms with van der Waals surface area (Å²) in [7, 11) is 0. The van der Waals surface area contributed by atoms with Crippen LogP contribution in [0.3, 0.4) is 0 Å². The van der Waals surface area contributed by atoms with Gasteiger partial charge >= 0.3 is 0 Å². The highest BCUT2D eigenvalue weighted by atomic mass is 32.1. The van der Waals surface area contributed by atoms with Crippen LogP contribution in [0.15, 0.2) is 42.5 Å². The highest BCUT2D eigenvalue weighted by Gasteiger charge is 2.04. The number of rotatable bonds is 3. The third-order valence-electron chi connectivity index (χ3n) is 2.76. The summed E-state index contributed by atoms with van der Waals surface area (Å²) < 4.78 is 0. The van der Waals surface area contributed by atoms with Gasteiger partial charge in [-0.05, 0) is 34.4 Å². The molecule has 0 aromatic heterocycles. The Labute approximate surface area is 96.7 Å². The van der Waals surface area contributed by atoms with Crippen LogP contribution in [-0.2, 0) is 6.42 Å². The van der Waals surface area contributed by atoms with Crippen LogP contribution in [-0.4, -0.2) is 5.75 Å². The van der Waals surface area contributed by atoms with E-state index in [1.54, 1.807) is 0 Å². The molecule has 0 aliphatic rings. The molecule has 0 N–H and O–H groups in total. The lowest BCUT2D eigenvalue weighted by Crippen LogP contribution is -2.01. The van der Waals surface area contributed by atoms with Crippen molar-refractivity contribution in [1.29, 1.82) is 0 Å². The average molecular weight is 216 g/mol. The summed E-state index contributed by atoms with van der Waals surface area (Å²) in [6.45, 7) is 2.24. The Balaban J connectivity index is 2.42. The van der Waals surface area contributed by atoms with Gasteiger partial charge in [0.2, 0.25) is 0 Å². The molecule has 2 aromatic carbocycles. The van der Waals surface area contributed by atoms with Gasteiger partial charge in [0.15, 0.2) is 0 Å². The number of thiol groups is 1. The highest BCUT2D eigenvalue weighted by molar-refractivity contribution is 7.80. The maximum atomic E-state index is 4.34. The van der Waals surface area contributed by atoms with E-state index in [2.05, 4.69) is 62.0 Å². The molecule has 0 nitrogen and oxygen atoms in total. The minimum absolute atomic E-state index is 0.638. The molecule has 0 aliphatic carbocycles. The van der Waals surface area contributed by atoms with Crippen molar-refractivity contribution in [3.05, 3.63) is 48.0 Å².